The zero-order valence-corrected chi connectivity index (χ0v) is 9.36. The van der Waals surface area contributed by atoms with Crippen LogP contribution in [-0.4, -0.2) is 4.98 Å². The van der Waals surface area contributed by atoms with Gasteiger partial charge in [-0.3, -0.25) is 4.98 Å². The van der Waals surface area contributed by atoms with Crippen molar-refractivity contribution in [2.45, 2.75) is 0 Å². The largest absolute Gasteiger partial charge is 0.473 e. The number of rotatable bonds is 1. The van der Waals surface area contributed by atoms with Gasteiger partial charge in [-0.15, -0.1) is 0 Å². The Morgan fingerprint density at radius 2 is 1.41 bits per heavy atom. The number of pyridine rings is 1. The lowest BCUT2D eigenvalue weighted by atomic mass is 10.1. The predicted molar refractivity (Wildman–Crippen MR) is 68.4 cm³/mol. The van der Waals surface area contributed by atoms with E-state index < -0.39 is 0 Å². The van der Waals surface area contributed by atoms with Gasteiger partial charge < -0.3 is 4.42 Å². The maximum atomic E-state index is 4.58. The molecule has 0 aliphatic carbocycles. The fraction of sp³-hybridized carbons (Fsp3) is 0. The standard InChI is InChI=1S/C11H9N.C4H4O/c1-2-6-10(7-3-1)11-8-4-5-9-12-11;1-2-4-5-3-1/h1-9H;1-4H. The molecule has 3 rings (SSSR count). The molecule has 0 spiro atoms. The van der Waals surface area contributed by atoms with Gasteiger partial charge in [-0.2, -0.15) is 0 Å². The number of furan rings is 1. The van der Waals surface area contributed by atoms with Crippen molar-refractivity contribution in [1.29, 1.82) is 0 Å². The summed E-state index contributed by atoms with van der Waals surface area (Å²) in [6.07, 6.45) is 5.06. The van der Waals surface area contributed by atoms with Crippen LogP contribution in [0.15, 0.2) is 83.8 Å². The van der Waals surface area contributed by atoms with Gasteiger partial charge in [0.25, 0.3) is 0 Å². The Hall–Kier alpha value is -2.35. The van der Waals surface area contributed by atoms with Crippen LogP contribution in [0.5, 0.6) is 0 Å². The van der Waals surface area contributed by atoms with Crippen LogP contribution in [0, 0.1) is 0 Å². The van der Waals surface area contributed by atoms with Crippen molar-refractivity contribution in [3.63, 3.8) is 0 Å². The van der Waals surface area contributed by atoms with E-state index in [1.807, 2.05) is 54.7 Å². The van der Waals surface area contributed by atoms with Crippen molar-refractivity contribution in [3.05, 3.63) is 79.4 Å². The molecule has 0 saturated carbocycles. The molecule has 0 aliphatic rings. The van der Waals surface area contributed by atoms with Gasteiger partial charge in [0.05, 0.1) is 18.2 Å². The molecule has 0 saturated heterocycles. The molecule has 2 nitrogen and oxygen atoms in total. The first kappa shape index (κ1) is 11.1. The molecule has 2 aromatic heterocycles. The molecule has 17 heavy (non-hydrogen) atoms. The first-order chi connectivity index (χ1) is 8.47. The first-order valence-corrected chi connectivity index (χ1v) is 5.40. The first-order valence-electron chi connectivity index (χ1n) is 5.40. The molecule has 0 atom stereocenters. The van der Waals surface area contributed by atoms with Gasteiger partial charge in [0.1, 0.15) is 0 Å². The van der Waals surface area contributed by atoms with Crippen molar-refractivity contribution in [3.8, 4) is 11.3 Å². The third kappa shape index (κ3) is 3.61. The molecule has 0 aliphatic heterocycles. The van der Waals surface area contributed by atoms with Crippen LogP contribution in [0.4, 0.5) is 0 Å². The highest BCUT2D eigenvalue weighted by Gasteiger charge is 1.93. The van der Waals surface area contributed by atoms with Crippen molar-refractivity contribution in [1.82, 2.24) is 4.98 Å². The van der Waals surface area contributed by atoms with E-state index in [4.69, 9.17) is 0 Å². The second-order valence-corrected chi connectivity index (χ2v) is 3.37. The van der Waals surface area contributed by atoms with Gasteiger partial charge in [-0.25, -0.2) is 0 Å². The molecule has 0 N–H and O–H groups in total. The zero-order valence-electron chi connectivity index (χ0n) is 9.36. The fourth-order valence-corrected chi connectivity index (χ4v) is 1.37. The lowest BCUT2D eigenvalue weighted by molar-refractivity contribution is 0.567. The van der Waals surface area contributed by atoms with E-state index >= 15 is 0 Å². The average molecular weight is 223 g/mol. The topological polar surface area (TPSA) is 26.0 Å². The molecule has 3 aromatic rings. The summed E-state index contributed by atoms with van der Waals surface area (Å²) in [5.41, 5.74) is 2.19. The highest BCUT2D eigenvalue weighted by atomic mass is 16.3. The van der Waals surface area contributed by atoms with E-state index in [2.05, 4.69) is 21.5 Å². The zero-order chi connectivity index (χ0) is 11.8. The van der Waals surface area contributed by atoms with Gasteiger partial charge in [-0.05, 0) is 24.3 Å². The smallest absolute Gasteiger partial charge is 0.0902 e. The molecule has 2 heterocycles. The molecule has 2 heteroatoms. The summed E-state index contributed by atoms with van der Waals surface area (Å²) >= 11 is 0. The Kier molecular flexibility index (Phi) is 4.12. The maximum absolute atomic E-state index is 4.58. The minimum atomic E-state index is 1.03. The molecule has 0 unspecified atom stereocenters. The highest BCUT2D eigenvalue weighted by Crippen LogP contribution is 2.14. The molecule has 0 radical (unpaired) electrons. The minimum Gasteiger partial charge on any atom is -0.473 e. The molecular weight excluding hydrogens is 210 g/mol. The second-order valence-electron chi connectivity index (χ2n) is 3.37. The Bertz CT molecular complexity index is 448. The van der Waals surface area contributed by atoms with Crippen LogP contribution in [-0.2, 0) is 0 Å². The van der Waals surface area contributed by atoms with Gasteiger partial charge in [0.15, 0.2) is 0 Å². The van der Waals surface area contributed by atoms with Gasteiger partial charge in [0, 0.05) is 11.8 Å². The molecule has 0 fully saturated rings. The summed E-state index contributed by atoms with van der Waals surface area (Å²) in [7, 11) is 0. The summed E-state index contributed by atoms with van der Waals surface area (Å²) in [5, 5.41) is 0. The SMILES string of the molecule is c1ccc(-c2ccccn2)cc1.c1ccoc1. The van der Waals surface area contributed by atoms with Crippen LogP contribution < -0.4 is 0 Å². The van der Waals surface area contributed by atoms with E-state index in [1.54, 1.807) is 12.5 Å². The van der Waals surface area contributed by atoms with Crippen LogP contribution >= 0.6 is 0 Å². The van der Waals surface area contributed by atoms with Gasteiger partial charge >= 0.3 is 0 Å². The number of nitrogens with zero attached hydrogens (tertiary/aromatic N) is 1. The van der Waals surface area contributed by atoms with Crippen molar-refractivity contribution >= 4 is 0 Å². The van der Waals surface area contributed by atoms with E-state index in [0.717, 1.165) is 11.3 Å². The number of hydrogen-bond acceptors (Lipinski definition) is 2. The summed E-state index contributed by atoms with van der Waals surface area (Å²) in [4.78, 5) is 4.25. The molecule has 0 bridgehead atoms. The lowest BCUT2D eigenvalue weighted by Crippen LogP contribution is -1.79. The Labute approximate surface area is 101 Å². The summed E-state index contributed by atoms with van der Waals surface area (Å²) in [6, 6.07) is 19.8. The summed E-state index contributed by atoms with van der Waals surface area (Å²) in [6.45, 7) is 0. The lowest BCUT2D eigenvalue weighted by Gasteiger charge is -1.97. The van der Waals surface area contributed by atoms with E-state index in [1.165, 1.54) is 0 Å². The number of hydrogen-bond donors (Lipinski definition) is 0. The van der Waals surface area contributed by atoms with Crippen LogP contribution in [0.1, 0.15) is 0 Å². The second kappa shape index (κ2) is 6.28. The Balaban J connectivity index is 0.000000181. The summed E-state index contributed by atoms with van der Waals surface area (Å²) in [5.74, 6) is 0. The predicted octanol–water partition coefficient (Wildman–Crippen LogP) is 4.03. The highest BCUT2D eigenvalue weighted by molar-refractivity contribution is 5.58. The van der Waals surface area contributed by atoms with Crippen molar-refractivity contribution < 1.29 is 4.42 Å². The Morgan fingerprint density at radius 3 is 1.94 bits per heavy atom. The Morgan fingerprint density at radius 1 is 0.706 bits per heavy atom. The van der Waals surface area contributed by atoms with Crippen LogP contribution in [0.2, 0.25) is 0 Å². The van der Waals surface area contributed by atoms with Crippen molar-refractivity contribution in [2.24, 2.45) is 0 Å². The van der Waals surface area contributed by atoms with Crippen molar-refractivity contribution in [2.75, 3.05) is 0 Å². The van der Waals surface area contributed by atoms with E-state index in [9.17, 15) is 0 Å². The number of benzene rings is 1. The summed E-state index contributed by atoms with van der Waals surface area (Å²) < 4.78 is 4.58. The van der Waals surface area contributed by atoms with Gasteiger partial charge in [0.2, 0.25) is 0 Å². The quantitative estimate of drug-likeness (QED) is 0.622. The van der Waals surface area contributed by atoms with Crippen LogP contribution in [0.25, 0.3) is 11.3 Å². The van der Waals surface area contributed by atoms with Gasteiger partial charge in [-0.1, -0.05) is 36.4 Å². The fourth-order valence-electron chi connectivity index (χ4n) is 1.37. The van der Waals surface area contributed by atoms with Crippen LogP contribution in [0.3, 0.4) is 0 Å². The third-order valence-corrected chi connectivity index (χ3v) is 2.16. The minimum absolute atomic E-state index is 1.03. The average Bonchev–Trinajstić information content (AvgIpc) is 3.00. The molecule has 84 valence electrons. The molecule has 1 aromatic carbocycles. The molecular formula is C15H13NO. The third-order valence-electron chi connectivity index (χ3n) is 2.16. The monoisotopic (exact) mass is 223 g/mol. The maximum Gasteiger partial charge on any atom is 0.0902 e. The van der Waals surface area contributed by atoms with E-state index in [-0.39, 0.29) is 0 Å². The molecule has 0 amide bonds. The normalized spacial score (nSPS) is 9.18. The number of aromatic nitrogens is 1. The van der Waals surface area contributed by atoms with E-state index in [0.29, 0.717) is 0 Å².